The van der Waals surface area contributed by atoms with Gasteiger partial charge in [-0.25, -0.2) is 0 Å². The molecule has 2 atom stereocenters. The van der Waals surface area contributed by atoms with Crippen LogP contribution in [0.3, 0.4) is 0 Å². The van der Waals surface area contributed by atoms with E-state index in [-0.39, 0.29) is 23.9 Å². The molecule has 3 aromatic rings. The molecule has 4 heterocycles. The van der Waals surface area contributed by atoms with Gasteiger partial charge in [-0.05, 0) is 48.7 Å². The number of nitrogens with zero attached hydrogens (tertiary/aromatic N) is 4. The minimum atomic E-state index is -0.203. The van der Waals surface area contributed by atoms with Crippen LogP contribution in [0.25, 0.3) is 5.57 Å². The number of hydrogen-bond donors (Lipinski definition) is 1. The summed E-state index contributed by atoms with van der Waals surface area (Å²) in [5.41, 5.74) is 11.8. The van der Waals surface area contributed by atoms with Crippen LogP contribution in [0.1, 0.15) is 52.5 Å². The Bertz CT molecular complexity index is 1900. The Balaban J connectivity index is 1.01. The maximum atomic E-state index is 13.6. The van der Waals surface area contributed by atoms with Crippen molar-refractivity contribution >= 4 is 46.9 Å². The van der Waals surface area contributed by atoms with Crippen molar-refractivity contribution in [2.75, 3.05) is 33.2 Å². The highest BCUT2D eigenvalue weighted by Crippen LogP contribution is 2.41. The summed E-state index contributed by atoms with van der Waals surface area (Å²) in [5.74, 6) is 1.59. The predicted octanol–water partition coefficient (Wildman–Crippen LogP) is 5.94. The summed E-state index contributed by atoms with van der Waals surface area (Å²) in [6.07, 6.45) is 9.32. The molecule has 2 N–H and O–H groups in total. The summed E-state index contributed by atoms with van der Waals surface area (Å²) in [6, 6.07) is 14.2. The predicted molar refractivity (Wildman–Crippen MR) is 180 cm³/mol. The zero-order valence-electron chi connectivity index (χ0n) is 26.4. The molecule has 0 bridgehead atoms. The number of amides is 2. The molecule has 0 saturated heterocycles. The summed E-state index contributed by atoms with van der Waals surface area (Å²) in [6.45, 7) is 2.65. The fraction of sp³-hybridized carbons (Fsp3) is 0.278. The van der Waals surface area contributed by atoms with Gasteiger partial charge in [0.2, 0.25) is 0 Å². The lowest BCUT2D eigenvalue weighted by molar-refractivity contribution is 0.0809. The van der Waals surface area contributed by atoms with Gasteiger partial charge in [-0.15, -0.1) is 0 Å². The quantitative estimate of drug-likeness (QED) is 0.228. The van der Waals surface area contributed by atoms with Crippen LogP contribution in [-0.2, 0) is 0 Å². The van der Waals surface area contributed by atoms with E-state index in [4.69, 9.17) is 24.7 Å². The molecule has 7 rings (SSSR count). The van der Waals surface area contributed by atoms with Crippen LogP contribution in [0.5, 0.6) is 23.0 Å². The summed E-state index contributed by atoms with van der Waals surface area (Å²) < 4.78 is 23.3. The average Bonchev–Trinajstić information content (AvgIpc) is 3.62. The van der Waals surface area contributed by atoms with Crippen LogP contribution in [-0.4, -0.2) is 73.6 Å². The summed E-state index contributed by atoms with van der Waals surface area (Å²) in [4.78, 5) is 39.6. The van der Waals surface area contributed by atoms with Gasteiger partial charge in [-0.3, -0.25) is 19.6 Å². The van der Waals surface area contributed by atoms with Gasteiger partial charge in [0.05, 0.1) is 62.0 Å². The minimum Gasteiger partial charge on any atom is -0.493 e. The molecule has 240 valence electrons. The number of carbonyl (C=O) groups excluding carboxylic acids is 2. The standard InChI is InChI=1S/C36H35N5O6/c1-21-10-25-17-38-29-15-33(31(44-2)13-27(29)35(42)40(25)19-21)46-8-5-9-47-34-16-30-28(14-32(34)45-3)36(43)41-20-23(12-26(41)18-39-30)22-6-4-7-24(37)11-22/h4,6-7,11,13-20,25-26H,5,8-10,12,37H2,1-3H3/t25-,26-/m0/s1. The van der Waals surface area contributed by atoms with Gasteiger partial charge in [0.15, 0.2) is 23.0 Å². The SMILES string of the molecule is COc1cc2c(cc1OCCCOc1cc3c(cc1OC)C(=O)N1C=C(c4cccc(N)c4)C[C@H]1C=N3)N=C[C@@H]1CC(C)=CN1C2=O. The minimum absolute atomic E-state index is 0.0852. The van der Waals surface area contributed by atoms with Gasteiger partial charge in [-0.1, -0.05) is 17.7 Å². The number of aliphatic imine (C=N–C) groups is 2. The van der Waals surface area contributed by atoms with E-state index in [1.54, 1.807) is 47.4 Å². The van der Waals surface area contributed by atoms with Crippen LogP contribution < -0.4 is 24.7 Å². The molecule has 11 heteroatoms. The second-order valence-corrected chi connectivity index (χ2v) is 11.9. The van der Waals surface area contributed by atoms with Crippen molar-refractivity contribution in [3.8, 4) is 23.0 Å². The number of carbonyl (C=O) groups is 2. The maximum absolute atomic E-state index is 13.6. The Morgan fingerprint density at radius 2 is 1.34 bits per heavy atom. The van der Waals surface area contributed by atoms with Crippen LogP contribution in [0.15, 0.2) is 76.5 Å². The second kappa shape index (κ2) is 12.3. The highest BCUT2D eigenvalue weighted by Gasteiger charge is 2.34. The first-order valence-electron chi connectivity index (χ1n) is 15.5. The number of anilines is 1. The molecule has 0 radical (unpaired) electrons. The van der Waals surface area contributed by atoms with Crippen molar-refractivity contribution in [3.05, 3.63) is 83.2 Å². The van der Waals surface area contributed by atoms with Crippen LogP contribution >= 0.6 is 0 Å². The lowest BCUT2D eigenvalue weighted by Crippen LogP contribution is -2.32. The number of fused-ring (bicyclic) bond motifs is 4. The lowest BCUT2D eigenvalue weighted by atomic mass is 10.0. The van der Waals surface area contributed by atoms with Gasteiger partial charge in [-0.2, -0.15) is 0 Å². The zero-order chi connectivity index (χ0) is 32.7. The van der Waals surface area contributed by atoms with Gasteiger partial charge in [0, 0.05) is 55.5 Å². The smallest absolute Gasteiger partial charge is 0.260 e. The van der Waals surface area contributed by atoms with Gasteiger partial charge >= 0.3 is 0 Å². The number of ether oxygens (including phenoxy) is 4. The first-order chi connectivity index (χ1) is 22.8. The number of methoxy groups -OCH3 is 2. The van der Waals surface area contributed by atoms with E-state index in [1.807, 2.05) is 49.8 Å². The van der Waals surface area contributed by atoms with Crippen molar-refractivity contribution in [3.63, 3.8) is 0 Å². The van der Waals surface area contributed by atoms with E-state index in [0.29, 0.717) is 77.2 Å². The number of rotatable bonds is 9. The highest BCUT2D eigenvalue weighted by atomic mass is 16.5. The molecule has 0 aliphatic carbocycles. The third kappa shape index (κ3) is 5.69. The Morgan fingerprint density at radius 1 is 0.766 bits per heavy atom. The highest BCUT2D eigenvalue weighted by molar-refractivity contribution is 6.06. The third-order valence-electron chi connectivity index (χ3n) is 8.66. The molecule has 0 fully saturated rings. The van der Waals surface area contributed by atoms with Gasteiger partial charge < -0.3 is 34.5 Å². The van der Waals surface area contributed by atoms with E-state index in [9.17, 15) is 9.59 Å². The normalized spacial score (nSPS) is 19.2. The van der Waals surface area contributed by atoms with E-state index in [0.717, 1.165) is 23.1 Å². The number of benzene rings is 3. The van der Waals surface area contributed by atoms with Crippen molar-refractivity contribution < 1.29 is 28.5 Å². The van der Waals surface area contributed by atoms with Crippen LogP contribution in [0.2, 0.25) is 0 Å². The lowest BCUT2D eigenvalue weighted by Gasteiger charge is -2.19. The molecule has 47 heavy (non-hydrogen) atoms. The van der Waals surface area contributed by atoms with Crippen LogP contribution in [0.4, 0.5) is 17.1 Å². The van der Waals surface area contributed by atoms with E-state index in [1.165, 1.54) is 7.11 Å². The van der Waals surface area contributed by atoms with E-state index >= 15 is 0 Å². The zero-order valence-corrected chi connectivity index (χ0v) is 26.4. The molecule has 11 nitrogen and oxygen atoms in total. The Labute approximate surface area is 272 Å². The Hall–Kier alpha value is -5.58. The van der Waals surface area contributed by atoms with E-state index < -0.39 is 0 Å². The molecule has 0 aromatic heterocycles. The summed E-state index contributed by atoms with van der Waals surface area (Å²) in [5, 5.41) is 0. The van der Waals surface area contributed by atoms with Crippen molar-refractivity contribution in [1.82, 2.24) is 9.80 Å². The fourth-order valence-electron chi connectivity index (χ4n) is 6.29. The number of nitrogen functional groups attached to an aromatic ring is 1. The fourth-order valence-corrected chi connectivity index (χ4v) is 6.29. The van der Waals surface area contributed by atoms with Crippen molar-refractivity contribution in [1.29, 1.82) is 0 Å². The first kappa shape index (κ1) is 30.1. The average molecular weight is 634 g/mol. The largest absolute Gasteiger partial charge is 0.493 e. The molecule has 0 spiro atoms. The molecular weight excluding hydrogens is 598 g/mol. The van der Waals surface area contributed by atoms with E-state index in [2.05, 4.69) is 9.98 Å². The second-order valence-electron chi connectivity index (χ2n) is 11.9. The van der Waals surface area contributed by atoms with Gasteiger partial charge in [0.25, 0.3) is 11.8 Å². The molecule has 4 aliphatic rings. The molecular formula is C36H35N5O6. The molecule has 3 aromatic carbocycles. The number of hydrogen-bond acceptors (Lipinski definition) is 9. The monoisotopic (exact) mass is 633 g/mol. The Kier molecular flexibility index (Phi) is 7.88. The molecule has 0 unspecified atom stereocenters. The third-order valence-corrected chi connectivity index (χ3v) is 8.66. The molecule has 4 aliphatic heterocycles. The van der Waals surface area contributed by atoms with Gasteiger partial charge in [0.1, 0.15) is 0 Å². The maximum Gasteiger partial charge on any atom is 0.260 e. The van der Waals surface area contributed by atoms with Crippen molar-refractivity contribution in [2.45, 2.75) is 38.3 Å². The Morgan fingerprint density at radius 3 is 1.91 bits per heavy atom. The molecule has 0 saturated carbocycles. The first-order valence-corrected chi connectivity index (χ1v) is 15.5. The number of nitrogens with two attached hydrogens (primary N) is 1. The topological polar surface area (TPSA) is 128 Å². The summed E-state index contributed by atoms with van der Waals surface area (Å²) >= 11 is 0. The molecule has 2 amide bonds. The van der Waals surface area contributed by atoms with Crippen molar-refractivity contribution in [2.24, 2.45) is 9.98 Å². The summed E-state index contributed by atoms with van der Waals surface area (Å²) in [7, 11) is 3.08. The van der Waals surface area contributed by atoms with Crippen LogP contribution in [0, 0.1) is 0 Å².